The van der Waals surface area contributed by atoms with Gasteiger partial charge in [0.05, 0.1) is 6.61 Å². The molecule has 0 amide bonds. The van der Waals surface area contributed by atoms with Crippen molar-refractivity contribution in [3.63, 3.8) is 0 Å². The van der Waals surface area contributed by atoms with Crippen LogP contribution in [0.15, 0.2) is 10.9 Å². The van der Waals surface area contributed by atoms with Gasteiger partial charge in [-0.05, 0) is 24.1 Å². The molecule has 0 spiro atoms. The van der Waals surface area contributed by atoms with Gasteiger partial charge in [0.2, 0.25) is 0 Å². The Bertz CT molecular complexity index is 541. The Morgan fingerprint density at radius 2 is 2.18 bits per heavy atom. The van der Waals surface area contributed by atoms with Crippen molar-refractivity contribution in [1.82, 2.24) is 4.57 Å². The second kappa shape index (κ2) is 5.82. The minimum atomic E-state index is 0.0488. The van der Waals surface area contributed by atoms with Crippen LogP contribution in [0.1, 0.15) is 32.3 Å². The lowest BCUT2D eigenvalue weighted by atomic mass is 10.0. The Hall–Kier alpha value is -1.35. The first kappa shape index (κ1) is 13.7. The summed E-state index contributed by atoms with van der Waals surface area (Å²) in [6.07, 6.45) is 1.98. The third-order valence-corrected chi connectivity index (χ3v) is 2.91. The topological polar surface area (TPSA) is 31.2 Å². The molecule has 94 valence electrons. The molecule has 0 fully saturated rings. The Balaban J connectivity index is 3.51. The number of ether oxygens (including phenoxy) is 1. The molecule has 1 rings (SSSR count). The van der Waals surface area contributed by atoms with Gasteiger partial charge in [0.25, 0.3) is 5.56 Å². The van der Waals surface area contributed by atoms with Crippen LogP contribution in [0, 0.1) is 0 Å². The molecular weight excluding hydrogens is 214 g/mol. The predicted octanol–water partition coefficient (Wildman–Crippen LogP) is 0.829. The van der Waals surface area contributed by atoms with Crippen molar-refractivity contribution in [2.75, 3.05) is 13.7 Å². The van der Waals surface area contributed by atoms with Gasteiger partial charge in [0.1, 0.15) is 0 Å². The zero-order valence-corrected chi connectivity index (χ0v) is 11.1. The molecule has 0 aliphatic carbocycles. The van der Waals surface area contributed by atoms with E-state index in [4.69, 9.17) is 4.74 Å². The third kappa shape index (κ3) is 2.86. The molecular formula is C14H21NO2. The lowest BCUT2D eigenvalue weighted by molar-refractivity contribution is 0.185. The van der Waals surface area contributed by atoms with Crippen molar-refractivity contribution >= 4 is 12.7 Å². The van der Waals surface area contributed by atoms with E-state index < -0.39 is 0 Å². The summed E-state index contributed by atoms with van der Waals surface area (Å²) in [4.78, 5) is 12.3. The molecule has 0 saturated carbocycles. The summed E-state index contributed by atoms with van der Waals surface area (Å²) < 4.78 is 6.73. The summed E-state index contributed by atoms with van der Waals surface area (Å²) in [6.45, 7) is 11.1. The van der Waals surface area contributed by atoms with Gasteiger partial charge in [-0.25, -0.2) is 0 Å². The van der Waals surface area contributed by atoms with Crippen molar-refractivity contribution in [1.29, 1.82) is 0 Å². The fourth-order valence-electron chi connectivity index (χ4n) is 1.83. The van der Waals surface area contributed by atoms with Crippen LogP contribution in [0.2, 0.25) is 0 Å². The van der Waals surface area contributed by atoms with E-state index >= 15 is 0 Å². The van der Waals surface area contributed by atoms with Gasteiger partial charge in [0.15, 0.2) is 0 Å². The van der Waals surface area contributed by atoms with Crippen LogP contribution in [-0.2, 0) is 11.3 Å². The largest absolute Gasteiger partial charge is 0.383 e. The van der Waals surface area contributed by atoms with E-state index in [-0.39, 0.29) is 11.5 Å². The van der Waals surface area contributed by atoms with Gasteiger partial charge in [-0.1, -0.05) is 26.5 Å². The quantitative estimate of drug-likeness (QED) is 0.774. The molecule has 0 saturated heterocycles. The molecule has 1 heterocycles. The first-order valence-corrected chi connectivity index (χ1v) is 5.90. The van der Waals surface area contributed by atoms with Crippen LogP contribution in [0.4, 0.5) is 0 Å². The first-order valence-electron chi connectivity index (χ1n) is 5.90. The number of hydrogen-bond acceptors (Lipinski definition) is 2. The van der Waals surface area contributed by atoms with Gasteiger partial charge in [0, 0.05) is 24.6 Å². The van der Waals surface area contributed by atoms with E-state index in [1.54, 1.807) is 11.7 Å². The van der Waals surface area contributed by atoms with E-state index in [0.29, 0.717) is 13.2 Å². The standard InChI is InChI=1S/C14H21NO2/c1-6-12-9-13(10(2)3)14(16)15(11(12)4)7-8-17-5/h6,9-10H,4,7-8H2,1-3,5H3. The number of methoxy groups -OCH3 is 1. The lowest BCUT2D eigenvalue weighted by Crippen LogP contribution is -2.44. The maximum absolute atomic E-state index is 12.3. The highest BCUT2D eigenvalue weighted by Gasteiger charge is 2.08. The van der Waals surface area contributed by atoms with E-state index in [9.17, 15) is 4.79 Å². The van der Waals surface area contributed by atoms with Gasteiger partial charge >= 0.3 is 0 Å². The van der Waals surface area contributed by atoms with Crippen molar-refractivity contribution in [3.8, 4) is 0 Å². The highest BCUT2D eigenvalue weighted by molar-refractivity contribution is 5.26. The Morgan fingerprint density at radius 1 is 1.53 bits per heavy atom. The molecule has 0 aliphatic rings. The fourth-order valence-corrected chi connectivity index (χ4v) is 1.83. The van der Waals surface area contributed by atoms with Crippen molar-refractivity contribution in [3.05, 3.63) is 32.6 Å². The van der Waals surface area contributed by atoms with Crippen molar-refractivity contribution in [2.24, 2.45) is 0 Å². The maximum Gasteiger partial charge on any atom is 0.254 e. The second-order valence-electron chi connectivity index (χ2n) is 4.39. The number of pyridine rings is 1. The average Bonchev–Trinajstić information content (AvgIpc) is 2.29. The summed E-state index contributed by atoms with van der Waals surface area (Å²) in [5, 5.41) is 1.78. The van der Waals surface area contributed by atoms with Crippen LogP contribution in [-0.4, -0.2) is 18.3 Å². The Labute approximate surface area is 102 Å². The highest BCUT2D eigenvalue weighted by atomic mass is 16.5. The summed E-state index contributed by atoms with van der Waals surface area (Å²) in [7, 11) is 1.63. The number of rotatable bonds is 4. The number of aromatic nitrogens is 1. The van der Waals surface area contributed by atoms with E-state index in [0.717, 1.165) is 16.1 Å². The zero-order valence-electron chi connectivity index (χ0n) is 11.1. The van der Waals surface area contributed by atoms with Gasteiger partial charge in [-0.2, -0.15) is 0 Å². The summed E-state index contributed by atoms with van der Waals surface area (Å²) in [5.74, 6) is 0.218. The predicted molar refractivity (Wildman–Crippen MR) is 71.6 cm³/mol. The average molecular weight is 235 g/mol. The SMILES string of the molecule is C=c1c(=CC)cc(C(C)C)c(=O)n1CCOC. The number of hydrogen-bond donors (Lipinski definition) is 0. The summed E-state index contributed by atoms with van der Waals surface area (Å²) in [6, 6.07) is 1.94. The van der Waals surface area contributed by atoms with Crippen LogP contribution in [0.3, 0.4) is 0 Å². The van der Waals surface area contributed by atoms with Crippen LogP contribution in [0.5, 0.6) is 0 Å². The highest BCUT2D eigenvalue weighted by Crippen LogP contribution is 2.05. The molecule has 1 aromatic heterocycles. The molecule has 0 bridgehead atoms. The molecule has 0 unspecified atom stereocenters. The first-order chi connectivity index (χ1) is 8.02. The van der Waals surface area contributed by atoms with Gasteiger partial charge in [-0.15, -0.1) is 0 Å². The molecule has 17 heavy (non-hydrogen) atoms. The Morgan fingerprint density at radius 3 is 2.65 bits per heavy atom. The zero-order chi connectivity index (χ0) is 13.0. The molecule has 0 atom stereocenters. The monoisotopic (exact) mass is 235 g/mol. The van der Waals surface area contributed by atoms with Gasteiger partial charge < -0.3 is 9.30 Å². The number of nitrogens with zero attached hydrogens (tertiary/aromatic N) is 1. The molecule has 1 aromatic rings. The molecule has 0 N–H and O–H groups in total. The lowest BCUT2D eigenvalue weighted by Gasteiger charge is -2.11. The smallest absolute Gasteiger partial charge is 0.254 e. The van der Waals surface area contributed by atoms with E-state index in [1.807, 2.05) is 32.9 Å². The maximum atomic E-state index is 12.3. The fraction of sp³-hybridized carbons (Fsp3) is 0.500. The normalized spacial score (nSPS) is 12.4. The van der Waals surface area contributed by atoms with Crippen LogP contribution < -0.4 is 16.1 Å². The molecule has 3 heteroatoms. The minimum Gasteiger partial charge on any atom is -0.383 e. The molecule has 0 radical (unpaired) electrons. The summed E-state index contributed by atoms with van der Waals surface area (Å²) in [5.41, 5.74) is 0.884. The van der Waals surface area contributed by atoms with Crippen LogP contribution >= 0.6 is 0 Å². The van der Waals surface area contributed by atoms with Gasteiger partial charge in [-0.3, -0.25) is 4.79 Å². The van der Waals surface area contributed by atoms with Crippen molar-refractivity contribution in [2.45, 2.75) is 33.2 Å². The van der Waals surface area contributed by atoms with E-state index in [2.05, 4.69) is 6.58 Å². The molecule has 0 aromatic carbocycles. The van der Waals surface area contributed by atoms with Crippen molar-refractivity contribution < 1.29 is 4.74 Å². The molecule has 0 aliphatic heterocycles. The van der Waals surface area contributed by atoms with E-state index in [1.165, 1.54) is 0 Å². The second-order valence-corrected chi connectivity index (χ2v) is 4.39. The van der Waals surface area contributed by atoms with Crippen LogP contribution in [0.25, 0.3) is 12.7 Å². The Kier molecular flexibility index (Phi) is 4.70. The third-order valence-electron chi connectivity index (χ3n) is 2.91. The summed E-state index contributed by atoms with van der Waals surface area (Å²) >= 11 is 0. The molecule has 3 nitrogen and oxygen atoms in total. The minimum absolute atomic E-state index is 0.0488.